The number of hydrogen-bond acceptors (Lipinski definition) is 9. The Labute approximate surface area is 191 Å². The zero-order chi connectivity index (χ0) is 21.9. The lowest BCUT2D eigenvalue weighted by atomic mass is 10.1. The van der Waals surface area contributed by atoms with Crippen molar-refractivity contribution in [2.75, 3.05) is 12.9 Å². The number of benzene rings is 1. The van der Waals surface area contributed by atoms with E-state index >= 15 is 0 Å². The van der Waals surface area contributed by atoms with E-state index in [1.807, 2.05) is 53.9 Å². The van der Waals surface area contributed by atoms with Gasteiger partial charge in [-0.15, -0.1) is 16.4 Å². The molecule has 0 saturated heterocycles. The standard InChI is InChI=1S/C21H18N6O3S2/c1-29-15-8-6-14(7-9-15)26-21(22-24-25-26)32-13-20(28)27-17(19-5-3-11-31-19)12-16(23-27)18-4-2-10-30-18/h2-11,17H,12-13H2,1H3. The summed E-state index contributed by atoms with van der Waals surface area (Å²) in [6, 6.07) is 14.9. The van der Waals surface area contributed by atoms with Gasteiger partial charge >= 0.3 is 0 Å². The van der Waals surface area contributed by atoms with Crippen LogP contribution < -0.4 is 4.74 Å². The molecule has 1 aliphatic rings. The van der Waals surface area contributed by atoms with Gasteiger partial charge in [0, 0.05) is 11.3 Å². The zero-order valence-corrected chi connectivity index (χ0v) is 18.6. The quantitative estimate of drug-likeness (QED) is 0.382. The molecule has 1 amide bonds. The van der Waals surface area contributed by atoms with Gasteiger partial charge in [0.25, 0.3) is 5.91 Å². The normalized spacial score (nSPS) is 15.7. The third kappa shape index (κ3) is 4.04. The Bertz CT molecular complexity index is 1220. The van der Waals surface area contributed by atoms with Crippen molar-refractivity contribution in [3.63, 3.8) is 0 Å². The molecule has 1 unspecified atom stereocenters. The van der Waals surface area contributed by atoms with Crippen LogP contribution in [0.25, 0.3) is 5.69 Å². The van der Waals surface area contributed by atoms with Crippen molar-refractivity contribution in [1.82, 2.24) is 25.2 Å². The van der Waals surface area contributed by atoms with Crippen molar-refractivity contribution in [3.8, 4) is 11.4 Å². The van der Waals surface area contributed by atoms with Gasteiger partial charge in [0.15, 0.2) is 0 Å². The monoisotopic (exact) mass is 466 g/mol. The third-order valence-corrected chi connectivity index (χ3v) is 6.80. The predicted octanol–water partition coefficient (Wildman–Crippen LogP) is 3.80. The lowest BCUT2D eigenvalue weighted by molar-refractivity contribution is -0.130. The van der Waals surface area contributed by atoms with Crippen LogP contribution >= 0.6 is 23.1 Å². The van der Waals surface area contributed by atoms with E-state index < -0.39 is 0 Å². The van der Waals surface area contributed by atoms with E-state index in [1.54, 1.807) is 34.4 Å². The van der Waals surface area contributed by atoms with Gasteiger partial charge in [-0.2, -0.15) is 9.78 Å². The highest BCUT2D eigenvalue weighted by Gasteiger charge is 2.34. The van der Waals surface area contributed by atoms with Crippen LogP contribution in [0.15, 0.2) is 74.8 Å². The second kappa shape index (κ2) is 8.97. The average molecular weight is 467 g/mol. The van der Waals surface area contributed by atoms with Gasteiger partial charge in [-0.3, -0.25) is 4.79 Å². The summed E-state index contributed by atoms with van der Waals surface area (Å²) >= 11 is 2.87. The van der Waals surface area contributed by atoms with Gasteiger partial charge in [0.1, 0.15) is 17.2 Å². The Morgan fingerprint density at radius 1 is 1.25 bits per heavy atom. The number of hydrogen-bond donors (Lipinski definition) is 0. The van der Waals surface area contributed by atoms with Crippen LogP contribution in [-0.4, -0.2) is 49.7 Å². The SMILES string of the molecule is COc1ccc(-n2nnnc2SCC(=O)N2N=C(c3ccco3)CC2c2cccs2)cc1. The smallest absolute Gasteiger partial charge is 0.253 e. The number of thioether (sulfide) groups is 1. The molecule has 4 heterocycles. The predicted molar refractivity (Wildman–Crippen MR) is 120 cm³/mol. The molecule has 0 bridgehead atoms. The fraction of sp³-hybridized carbons (Fsp3) is 0.190. The summed E-state index contributed by atoms with van der Waals surface area (Å²) in [7, 11) is 1.61. The van der Waals surface area contributed by atoms with Gasteiger partial charge in [0.05, 0.1) is 30.9 Å². The average Bonchev–Trinajstić information content (AvgIpc) is 3.63. The summed E-state index contributed by atoms with van der Waals surface area (Å²) < 4.78 is 12.3. The molecule has 0 aliphatic carbocycles. The van der Waals surface area contributed by atoms with Crippen LogP contribution in [0.2, 0.25) is 0 Å². The second-order valence-electron chi connectivity index (χ2n) is 6.86. The molecular weight excluding hydrogens is 448 g/mol. The summed E-state index contributed by atoms with van der Waals surface area (Å²) in [5.74, 6) is 1.44. The Hall–Kier alpha value is -3.44. The molecule has 1 aromatic carbocycles. The van der Waals surface area contributed by atoms with Crippen molar-refractivity contribution in [1.29, 1.82) is 0 Å². The number of thiophene rings is 1. The van der Waals surface area contributed by atoms with Gasteiger partial charge in [0.2, 0.25) is 5.16 Å². The van der Waals surface area contributed by atoms with Crippen molar-refractivity contribution in [2.24, 2.45) is 5.10 Å². The number of tetrazole rings is 1. The maximum Gasteiger partial charge on any atom is 0.253 e. The maximum atomic E-state index is 13.2. The van der Waals surface area contributed by atoms with Crippen molar-refractivity contribution in [3.05, 3.63) is 70.8 Å². The lowest BCUT2D eigenvalue weighted by Crippen LogP contribution is -2.28. The molecule has 11 heteroatoms. The Morgan fingerprint density at radius 3 is 2.84 bits per heavy atom. The molecule has 5 rings (SSSR count). The molecule has 0 radical (unpaired) electrons. The number of hydrazone groups is 1. The molecule has 3 aromatic heterocycles. The fourth-order valence-corrected chi connectivity index (χ4v) is 4.94. The van der Waals surface area contributed by atoms with E-state index in [4.69, 9.17) is 9.15 Å². The maximum absolute atomic E-state index is 13.2. The molecule has 9 nitrogen and oxygen atoms in total. The Balaban J connectivity index is 1.33. The molecule has 0 fully saturated rings. The highest BCUT2D eigenvalue weighted by atomic mass is 32.2. The highest BCUT2D eigenvalue weighted by molar-refractivity contribution is 7.99. The van der Waals surface area contributed by atoms with Crippen molar-refractivity contribution >= 4 is 34.7 Å². The number of amides is 1. The number of ether oxygens (including phenoxy) is 1. The van der Waals surface area contributed by atoms with Crippen LogP contribution in [0.3, 0.4) is 0 Å². The first-order valence-electron chi connectivity index (χ1n) is 9.75. The largest absolute Gasteiger partial charge is 0.497 e. The molecular formula is C21H18N6O3S2. The minimum Gasteiger partial charge on any atom is -0.497 e. The van der Waals surface area contributed by atoms with E-state index in [0.717, 1.165) is 22.0 Å². The van der Waals surface area contributed by atoms with Crippen molar-refractivity contribution in [2.45, 2.75) is 17.6 Å². The molecule has 0 saturated carbocycles. The number of furan rings is 1. The number of rotatable bonds is 7. The summed E-state index contributed by atoms with van der Waals surface area (Å²) in [4.78, 5) is 14.3. The zero-order valence-electron chi connectivity index (χ0n) is 17.0. The second-order valence-corrected chi connectivity index (χ2v) is 8.78. The number of nitrogens with zero attached hydrogens (tertiary/aromatic N) is 6. The van der Waals surface area contributed by atoms with Crippen LogP contribution in [0.4, 0.5) is 0 Å². The lowest BCUT2D eigenvalue weighted by Gasteiger charge is -2.20. The van der Waals surface area contributed by atoms with E-state index in [-0.39, 0.29) is 17.7 Å². The van der Waals surface area contributed by atoms with E-state index in [0.29, 0.717) is 17.3 Å². The minimum atomic E-state index is -0.152. The van der Waals surface area contributed by atoms with Crippen LogP contribution in [-0.2, 0) is 4.79 Å². The van der Waals surface area contributed by atoms with Crippen LogP contribution in [0.5, 0.6) is 5.75 Å². The van der Waals surface area contributed by atoms with Crippen LogP contribution in [0, 0.1) is 0 Å². The molecule has 4 aromatic rings. The molecule has 32 heavy (non-hydrogen) atoms. The summed E-state index contributed by atoms with van der Waals surface area (Å²) in [6.45, 7) is 0. The number of carbonyl (C=O) groups is 1. The van der Waals surface area contributed by atoms with E-state index in [1.165, 1.54) is 11.8 Å². The first kappa shape index (κ1) is 20.5. The van der Waals surface area contributed by atoms with E-state index in [9.17, 15) is 4.79 Å². The highest BCUT2D eigenvalue weighted by Crippen LogP contribution is 2.36. The van der Waals surface area contributed by atoms with Gasteiger partial charge < -0.3 is 9.15 Å². The molecule has 0 N–H and O–H groups in total. The summed E-state index contributed by atoms with van der Waals surface area (Å²) in [6.07, 6.45) is 2.21. The van der Waals surface area contributed by atoms with E-state index in [2.05, 4.69) is 20.6 Å². The van der Waals surface area contributed by atoms with Gasteiger partial charge in [-0.25, -0.2) is 5.01 Å². The molecule has 1 atom stereocenters. The van der Waals surface area contributed by atoms with Crippen molar-refractivity contribution < 1.29 is 13.9 Å². The minimum absolute atomic E-state index is 0.126. The third-order valence-electron chi connectivity index (χ3n) is 4.93. The number of carbonyl (C=O) groups excluding carboxylic acids is 1. The Kier molecular flexibility index (Phi) is 5.73. The first-order chi connectivity index (χ1) is 15.7. The number of methoxy groups -OCH3 is 1. The molecule has 1 aliphatic heterocycles. The Morgan fingerprint density at radius 2 is 2.12 bits per heavy atom. The summed E-state index contributed by atoms with van der Waals surface area (Å²) in [5.41, 5.74) is 1.54. The van der Waals surface area contributed by atoms with Gasteiger partial charge in [-0.05, 0) is 58.3 Å². The first-order valence-corrected chi connectivity index (χ1v) is 11.6. The summed E-state index contributed by atoms with van der Waals surface area (Å²) in [5, 5.41) is 20.6. The van der Waals surface area contributed by atoms with Crippen LogP contribution in [0.1, 0.15) is 23.1 Å². The fourth-order valence-electron chi connectivity index (χ4n) is 3.38. The van der Waals surface area contributed by atoms with Gasteiger partial charge in [-0.1, -0.05) is 17.8 Å². The molecule has 0 spiro atoms. The number of aromatic nitrogens is 4. The topological polar surface area (TPSA) is 98.6 Å². The molecule has 162 valence electrons.